The Balaban J connectivity index is 2.69. The Morgan fingerprint density at radius 2 is 2.14 bits per heavy atom. The molecule has 1 atom stereocenters. The van der Waals surface area contributed by atoms with Crippen molar-refractivity contribution in [1.82, 2.24) is 0 Å². The Morgan fingerprint density at radius 3 is 2.86 bits per heavy atom. The molecule has 0 spiro atoms. The highest BCUT2D eigenvalue weighted by Crippen LogP contribution is 2.34. The van der Waals surface area contributed by atoms with Gasteiger partial charge in [0.1, 0.15) is 0 Å². The Hall–Kier alpha value is -0.540. The maximum absolute atomic E-state index is 11.7. The summed E-state index contributed by atoms with van der Waals surface area (Å²) in [5, 5.41) is 0.604. The lowest BCUT2D eigenvalue weighted by atomic mass is 9.98. The largest absolute Gasteiger partial charge is 0.224 e. The van der Waals surface area contributed by atoms with E-state index in [1.54, 1.807) is 18.2 Å². The molecular formula is C10H11ClO2S. The molecule has 0 saturated heterocycles. The molecule has 2 rings (SSSR count). The highest BCUT2D eigenvalue weighted by atomic mass is 35.5. The monoisotopic (exact) mass is 230 g/mol. The van der Waals surface area contributed by atoms with Crippen LogP contribution < -0.4 is 0 Å². The second-order valence-electron chi connectivity index (χ2n) is 3.69. The van der Waals surface area contributed by atoms with Gasteiger partial charge in [0.25, 0.3) is 0 Å². The van der Waals surface area contributed by atoms with E-state index in [-0.39, 0.29) is 11.7 Å². The number of hydrogen-bond donors (Lipinski definition) is 0. The lowest BCUT2D eigenvalue weighted by Crippen LogP contribution is -2.18. The van der Waals surface area contributed by atoms with Crippen LogP contribution >= 0.6 is 11.6 Å². The molecule has 0 radical (unpaired) electrons. The Morgan fingerprint density at radius 1 is 1.43 bits per heavy atom. The molecule has 0 aromatic heterocycles. The first-order valence-electron chi connectivity index (χ1n) is 4.53. The molecule has 0 fully saturated rings. The van der Waals surface area contributed by atoms with Crippen LogP contribution in [0, 0.1) is 0 Å². The zero-order chi connectivity index (χ0) is 10.3. The van der Waals surface area contributed by atoms with Gasteiger partial charge in [-0.3, -0.25) is 0 Å². The van der Waals surface area contributed by atoms with Crippen molar-refractivity contribution in [2.45, 2.75) is 24.2 Å². The minimum Gasteiger partial charge on any atom is -0.224 e. The summed E-state index contributed by atoms with van der Waals surface area (Å²) in [7, 11) is -3.05. The molecule has 0 unspecified atom stereocenters. The standard InChI is InChI=1S/C10H11ClO2S/c1-7-4-5-14(12,13)10-3-2-8(11)6-9(7)10/h2-3,6-7H,4-5H2,1H3/t7-/m0/s1. The second-order valence-corrected chi connectivity index (χ2v) is 6.20. The van der Waals surface area contributed by atoms with Crippen molar-refractivity contribution in [3.05, 3.63) is 28.8 Å². The molecule has 0 bridgehead atoms. The summed E-state index contributed by atoms with van der Waals surface area (Å²) in [5.41, 5.74) is 0.865. The molecule has 1 heterocycles. The smallest absolute Gasteiger partial charge is 0.178 e. The van der Waals surface area contributed by atoms with Crippen LogP contribution in [0.1, 0.15) is 24.8 Å². The van der Waals surface area contributed by atoms with Crippen LogP contribution in [-0.4, -0.2) is 14.2 Å². The molecule has 1 aromatic rings. The number of sulfone groups is 1. The fourth-order valence-corrected chi connectivity index (χ4v) is 3.74. The average molecular weight is 231 g/mol. The van der Waals surface area contributed by atoms with Crippen molar-refractivity contribution in [2.75, 3.05) is 5.75 Å². The first kappa shape index (κ1) is 9.99. The van der Waals surface area contributed by atoms with Crippen LogP contribution in [0.5, 0.6) is 0 Å². The summed E-state index contributed by atoms with van der Waals surface area (Å²) >= 11 is 5.84. The van der Waals surface area contributed by atoms with Crippen molar-refractivity contribution in [3.63, 3.8) is 0 Å². The zero-order valence-electron chi connectivity index (χ0n) is 7.83. The molecule has 1 aromatic carbocycles. The number of hydrogen-bond acceptors (Lipinski definition) is 2. The molecule has 0 aliphatic carbocycles. The molecule has 1 aliphatic heterocycles. The van der Waals surface area contributed by atoms with E-state index in [4.69, 9.17) is 11.6 Å². The second kappa shape index (κ2) is 3.24. The number of benzene rings is 1. The third kappa shape index (κ3) is 1.55. The molecule has 0 amide bonds. The molecule has 1 aliphatic rings. The maximum Gasteiger partial charge on any atom is 0.178 e. The fraction of sp³-hybridized carbons (Fsp3) is 0.400. The molecule has 0 N–H and O–H groups in total. The highest BCUT2D eigenvalue weighted by Gasteiger charge is 2.27. The summed E-state index contributed by atoms with van der Waals surface area (Å²) in [5.74, 6) is 0.537. The van der Waals surface area contributed by atoms with Crippen LogP contribution in [0.3, 0.4) is 0 Å². The Labute approximate surface area is 88.8 Å². The summed E-state index contributed by atoms with van der Waals surface area (Å²) in [6.45, 7) is 2.03. The van der Waals surface area contributed by atoms with Crippen LogP contribution in [0.2, 0.25) is 5.02 Å². The summed E-state index contributed by atoms with van der Waals surface area (Å²) < 4.78 is 23.4. The van der Waals surface area contributed by atoms with E-state index in [1.807, 2.05) is 6.92 Å². The van der Waals surface area contributed by atoms with E-state index >= 15 is 0 Å². The van der Waals surface area contributed by atoms with E-state index in [1.165, 1.54) is 0 Å². The van der Waals surface area contributed by atoms with Crippen molar-refractivity contribution in [3.8, 4) is 0 Å². The van der Waals surface area contributed by atoms with Crippen LogP contribution in [0.4, 0.5) is 0 Å². The highest BCUT2D eigenvalue weighted by molar-refractivity contribution is 7.91. The van der Waals surface area contributed by atoms with Gasteiger partial charge >= 0.3 is 0 Å². The molecular weight excluding hydrogens is 220 g/mol. The molecule has 0 saturated carbocycles. The van der Waals surface area contributed by atoms with Gasteiger partial charge in [-0.05, 0) is 36.1 Å². The van der Waals surface area contributed by atoms with Gasteiger partial charge in [-0.15, -0.1) is 0 Å². The van der Waals surface area contributed by atoms with E-state index in [2.05, 4.69) is 0 Å². The molecule has 76 valence electrons. The zero-order valence-corrected chi connectivity index (χ0v) is 9.40. The van der Waals surface area contributed by atoms with Gasteiger partial charge in [-0.1, -0.05) is 18.5 Å². The minimum absolute atomic E-state index is 0.253. The fourth-order valence-electron chi connectivity index (χ4n) is 1.79. The van der Waals surface area contributed by atoms with E-state index in [9.17, 15) is 8.42 Å². The van der Waals surface area contributed by atoms with Gasteiger partial charge in [-0.2, -0.15) is 0 Å². The Bertz CT molecular complexity index is 465. The summed E-state index contributed by atoms with van der Waals surface area (Å²) in [4.78, 5) is 0.459. The van der Waals surface area contributed by atoms with Crippen LogP contribution in [-0.2, 0) is 9.84 Å². The van der Waals surface area contributed by atoms with Gasteiger partial charge < -0.3 is 0 Å². The topological polar surface area (TPSA) is 34.1 Å². The van der Waals surface area contributed by atoms with E-state index in [0.717, 1.165) is 5.56 Å². The van der Waals surface area contributed by atoms with Gasteiger partial charge in [0.05, 0.1) is 10.6 Å². The van der Waals surface area contributed by atoms with Crippen molar-refractivity contribution in [1.29, 1.82) is 0 Å². The van der Waals surface area contributed by atoms with Crippen molar-refractivity contribution >= 4 is 21.4 Å². The molecule has 14 heavy (non-hydrogen) atoms. The van der Waals surface area contributed by atoms with Gasteiger partial charge in [0, 0.05) is 5.02 Å². The summed E-state index contributed by atoms with van der Waals surface area (Å²) in [6.07, 6.45) is 0.690. The Kier molecular flexibility index (Phi) is 2.32. The number of fused-ring (bicyclic) bond motifs is 1. The van der Waals surface area contributed by atoms with Gasteiger partial charge in [-0.25, -0.2) is 8.42 Å². The summed E-state index contributed by atoms with van der Waals surface area (Å²) in [6, 6.07) is 5.01. The van der Waals surface area contributed by atoms with E-state index < -0.39 is 9.84 Å². The lowest BCUT2D eigenvalue weighted by molar-refractivity contribution is 0.574. The van der Waals surface area contributed by atoms with Gasteiger partial charge in [0.2, 0.25) is 0 Å². The maximum atomic E-state index is 11.7. The molecule has 4 heteroatoms. The normalized spacial score (nSPS) is 24.3. The minimum atomic E-state index is -3.05. The predicted octanol–water partition coefficient (Wildman–Crippen LogP) is 2.62. The average Bonchev–Trinajstić information content (AvgIpc) is 2.12. The number of halogens is 1. The predicted molar refractivity (Wildman–Crippen MR) is 56.5 cm³/mol. The quantitative estimate of drug-likeness (QED) is 0.687. The third-order valence-electron chi connectivity index (χ3n) is 2.66. The van der Waals surface area contributed by atoms with Crippen LogP contribution in [0.25, 0.3) is 0 Å². The van der Waals surface area contributed by atoms with Crippen LogP contribution in [0.15, 0.2) is 23.1 Å². The van der Waals surface area contributed by atoms with Crippen molar-refractivity contribution < 1.29 is 8.42 Å². The SMILES string of the molecule is C[C@H]1CCS(=O)(=O)c2ccc(Cl)cc21. The van der Waals surface area contributed by atoms with E-state index in [0.29, 0.717) is 16.3 Å². The van der Waals surface area contributed by atoms with Crippen molar-refractivity contribution in [2.24, 2.45) is 0 Å². The first-order chi connectivity index (χ1) is 6.50. The van der Waals surface area contributed by atoms with Gasteiger partial charge in [0.15, 0.2) is 9.84 Å². The lowest BCUT2D eigenvalue weighted by Gasteiger charge is -2.22. The first-order valence-corrected chi connectivity index (χ1v) is 6.56. The third-order valence-corrected chi connectivity index (χ3v) is 4.71. The molecule has 2 nitrogen and oxygen atoms in total. The number of rotatable bonds is 0.